The third kappa shape index (κ3) is 10.0. The Hall–Kier alpha value is -2.76. The lowest BCUT2D eigenvalue weighted by Gasteiger charge is -2.10. The Kier molecular flexibility index (Phi) is 12.9. The second-order valence-corrected chi connectivity index (χ2v) is 8.54. The van der Waals surface area contributed by atoms with Crippen molar-refractivity contribution in [3.63, 3.8) is 0 Å². The highest BCUT2D eigenvalue weighted by Crippen LogP contribution is 2.16. The van der Waals surface area contributed by atoms with Gasteiger partial charge in [0.15, 0.2) is 11.6 Å². The van der Waals surface area contributed by atoms with Gasteiger partial charge in [0.05, 0.1) is 17.7 Å². The van der Waals surface area contributed by atoms with Gasteiger partial charge in [-0.1, -0.05) is 89.3 Å². The third-order valence-corrected chi connectivity index (χ3v) is 5.70. The summed E-state index contributed by atoms with van der Waals surface area (Å²) in [6, 6.07) is 9.53. The van der Waals surface area contributed by atoms with Crippen molar-refractivity contribution in [3.05, 3.63) is 70.8 Å². The lowest BCUT2D eigenvalue weighted by Crippen LogP contribution is -2.14. The van der Waals surface area contributed by atoms with Crippen LogP contribution >= 0.6 is 0 Å². The van der Waals surface area contributed by atoms with Crippen molar-refractivity contribution in [1.29, 1.82) is 0 Å². The van der Waals surface area contributed by atoms with Gasteiger partial charge >= 0.3 is 11.9 Å². The average Bonchev–Trinajstić information content (AvgIpc) is 2.85. The van der Waals surface area contributed by atoms with Gasteiger partial charge in [-0.25, -0.2) is 18.4 Å². The molecule has 0 spiro atoms. The van der Waals surface area contributed by atoms with Gasteiger partial charge in [0.1, 0.15) is 6.61 Å². The highest BCUT2D eigenvalue weighted by molar-refractivity contribution is 6.03. The first-order chi connectivity index (χ1) is 16.5. The number of ether oxygens (including phenoxy) is 2. The number of benzene rings is 2. The van der Waals surface area contributed by atoms with Crippen LogP contribution in [0.4, 0.5) is 8.78 Å². The molecule has 0 aliphatic carbocycles. The highest BCUT2D eigenvalue weighted by Gasteiger charge is 2.19. The fourth-order valence-electron chi connectivity index (χ4n) is 3.70. The predicted molar refractivity (Wildman–Crippen MR) is 129 cm³/mol. The van der Waals surface area contributed by atoms with Crippen LogP contribution in [0.15, 0.2) is 42.5 Å². The van der Waals surface area contributed by atoms with Crippen molar-refractivity contribution >= 4 is 11.9 Å². The lowest BCUT2D eigenvalue weighted by atomic mass is 10.1. The van der Waals surface area contributed by atoms with Gasteiger partial charge in [-0.2, -0.15) is 0 Å². The summed E-state index contributed by atoms with van der Waals surface area (Å²) in [6.45, 7) is 2.29. The van der Waals surface area contributed by atoms with Crippen LogP contribution in [-0.4, -0.2) is 18.5 Å². The molecule has 2 rings (SSSR count). The Morgan fingerprint density at radius 3 is 1.76 bits per heavy atom. The lowest BCUT2D eigenvalue weighted by molar-refractivity contribution is 0.0436. The van der Waals surface area contributed by atoms with Crippen molar-refractivity contribution in [2.24, 2.45) is 0 Å². The molecule has 0 fully saturated rings. The number of carbonyl (C=O) groups excluding carboxylic acids is 2. The van der Waals surface area contributed by atoms with Gasteiger partial charge < -0.3 is 9.47 Å². The molecule has 0 aliphatic heterocycles. The van der Waals surface area contributed by atoms with E-state index in [4.69, 9.17) is 9.47 Å². The van der Waals surface area contributed by atoms with Crippen LogP contribution in [-0.2, 0) is 16.1 Å². The van der Waals surface area contributed by atoms with E-state index >= 15 is 0 Å². The summed E-state index contributed by atoms with van der Waals surface area (Å²) in [5.74, 6) is -3.29. The van der Waals surface area contributed by atoms with Crippen LogP contribution in [0.1, 0.15) is 104 Å². The Morgan fingerprint density at radius 1 is 0.676 bits per heavy atom. The summed E-state index contributed by atoms with van der Waals surface area (Å²) in [5.41, 5.74) is 0.513. The van der Waals surface area contributed by atoms with Crippen LogP contribution in [0.5, 0.6) is 0 Å². The minimum Gasteiger partial charge on any atom is -0.462 e. The van der Waals surface area contributed by atoms with Crippen molar-refractivity contribution in [3.8, 4) is 0 Å². The number of unbranched alkanes of at least 4 members (excludes halogenated alkanes) is 10. The van der Waals surface area contributed by atoms with E-state index in [1.54, 1.807) is 12.1 Å². The molecule has 0 atom stereocenters. The summed E-state index contributed by atoms with van der Waals surface area (Å²) in [5, 5.41) is 0. The summed E-state index contributed by atoms with van der Waals surface area (Å²) < 4.78 is 36.9. The summed E-state index contributed by atoms with van der Waals surface area (Å²) >= 11 is 0. The first-order valence-electron chi connectivity index (χ1n) is 12.4. The van der Waals surface area contributed by atoms with Gasteiger partial charge in [0.25, 0.3) is 0 Å². The standard InChI is InChI=1S/C28H36F2O4/c1-2-3-4-5-6-7-8-9-10-11-14-19-33-27(31)23-15-12-13-16-24(23)28(32)34-21-22-17-18-25(29)26(30)20-22/h12-13,15-18,20H,2-11,14,19,21H2,1H3. The maximum absolute atomic E-state index is 13.3. The molecule has 4 nitrogen and oxygen atoms in total. The molecule has 6 heteroatoms. The number of hydrogen-bond donors (Lipinski definition) is 0. The quantitative estimate of drug-likeness (QED) is 0.184. The van der Waals surface area contributed by atoms with E-state index in [0.29, 0.717) is 12.2 Å². The van der Waals surface area contributed by atoms with Crippen molar-refractivity contribution in [2.75, 3.05) is 6.61 Å². The minimum absolute atomic E-state index is 0.0778. The Bertz CT molecular complexity index is 898. The smallest absolute Gasteiger partial charge is 0.339 e. The normalized spacial score (nSPS) is 10.8. The molecule has 0 aliphatic rings. The van der Waals surface area contributed by atoms with Gasteiger partial charge in [0, 0.05) is 0 Å². The maximum Gasteiger partial charge on any atom is 0.339 e. The first-order valence-corrected chi connectivity index (χ1v) is 12.4. The molecule has 186 valence electrons. The van der Waals surface area contributed by atoms with Crippen LogP contribution in [0.2, 0.25) is 0 Å². The fourth-order valence-corrected chi connectivity index (χ4v) is 3.70. The molecule has 0 amide bonds. The second kappa shape index (κ2) is 16.0. The van der Waals surface area contributed by atoms with Gasteiger partial charge in [-0.05, 0) is 36.2 Å². The zero-order chi connectivity index (χ0) is 24.6. The van der Waals surface area contributed by atoms with Crippen molar-refractivity contribution in [1.82, 2.24) is 0 Å². The molecule has 2 aromatic carbocycles. The molecule has 34 heavy (non-hydrogen) atoms. The molecule has 0 unspecified atom stereocenters. The molecule has 2 aromatic rings. The van der Waals surface area contributed by atoms with Crippen LogP contribution in [0.3, 0.4) is 0 Å². The Balaban J connectivity index is 1.68. The van der Waals surface area contributed by atoms with Crippen molar-refractivity contribution < 1.29 is 27.8 Å². The summed E-state index contributed by atoms with van der Waals surface area (Å²) in [4.78, 5) is 25.0. The van der Waals surface area contributed by atoms with Crippen LogP contribution < -0.4 is 0 Å². The maximum atomic E-state index is 13.3. The molecule has 0 bridgehead atoms. The van der Waals surface area contributed by atoms with E-state index in [2.05, 4.69) is 6.92 Å². The third-order valence-electron chi connectivity index (χ3n) is 5.70. The van der Waals surface area contributed by atoms with Gasteiger partial charge in [0.2, 0.25) is 0 Å². The Labute approximate surface area is 201 Å². The summed E-state index contributed by atoms with van der Waals surface area (Å²) in [6.07, 6.45) is 13.3. The molecule has 0 saturated heterocycles. The zero-order valence-electron chi connectivity index (χ0n) is 20.1. The molecule has 0 N–H and O–H groups in total. The SMILES string of the molecule is CCCCCCCCCCCCCOC(=O)c1ccccc1C(=O)OCc1ccc(F)c(F)c1. The monoisotopic (exact) mass is 474 g/mol. The van der Waals surface area contributed by atoms with E-state index in [0.717, 1.165) is 31.4 Å². The number of hydrogen-bond acceptors (Lipinski definition) is 4. The number of esters is 2. The van der Waals surface area contributed by atoms with E-state index in [1.165, 1.54) is 69.6 Å². The van der Waals surface area contributed by atoms with Gasteiger partial charge in [-0.3, -0.25) is 0 Å². The molecule has 0 saturated carbocycles. The van der Waals surface area contributed by atoms with Gasteiger partial charge in [-0.15, -0.1) is 0 Å². The number of carbonyl (C=O) groups is 2. The number of rotatable bonds is 16. The molecule has 0 aromatic heterocycles. The van der Waals surface area contributed by atoms with E-state index in [9.17, 15) is 18.4 Å². The van der Waals surface area contributed by atoms with E-state index < -0.39 is 23.6 Å². The first kappa shape index (κ1) is 27.5. The van der Waals surface area contributed by atoms with E-state index in [-0.39, 0.29) is 17.7 Å². The minimum atomic E-state index is -1.01. The van der Waals surface area contributed by atoms with Crippen molar-refractivity contribution in [2.45, 2.75) is 84.2 Å². The molecular formula is C28H36F2O4. The average molecular weight is 475 g/mol. The van der Waals surface area contributed by atoms with Crippen LogP contribution in [0.25, 0.3) is 0 Å². The topological polar surface area (TPSA) is 52.6 Å². The second-order valence-electron chi connectivity index (χ2n) is 8.54. The van der Waals surface area contributed by atoms with Crippen LogP contribution in [0, 0.1) is 11.6 Å². The Morgan fingerprint density at radius 2 is 1.21 bits per heavy atom. The molecule has 0 heterocycles. The largest absolute Gasteiger partial charge is 0.462 e. The number of halogens is 2. The summed E-state index contributed by atoms with van der Waals surface area (Å²) in [7, 11) is 0. The molecule has 0 radical (unpaired) electrons. The predicted octanol–water partition coefficient (Wildman–Crippen LogP) is 7.79. The van der Waals surface area contributed by atoms with E-state index in [1.807, 2.05) is 0 Å². The zero-order valence-corrected chi connectivity index (χ0v) is 20.1. The highest BCUT2D eigenvalue weighted by atomic mass is 19.2. The fraction of sp³-hybridized carbons (Fsp3) is 0.500. The molecular weight excluding hydrogens is 438 g/mol.